The summed E-state index contributed by atoms with van der Waals surface area (Å²) < 4.78 is 5.09. The number of amides is 1. The molecule has 0 unspecified atom stereocenters. The van der Waals surface area contributed by atoms with Crippen molar-refractivity contribution in [1.29, 1.82) is 5.26 Å². The second kappa shape index (κ2) is 5.92. The second-order valence-corrected chi connectivity index (χ2v) is 4.34. The van der Waals surface area contributed by atoms with Gasteiger partial charge in [-0.2, -0.15) is 5.26 Å². The van der Waals surface area contributed by atoms with Gasteiger partial charge in [-0.3, -0.25) is 4.79 Å². The lowest BCUT2D eigenvalue weighted by atomic mass is 10.0. The van der Waals surface area contributed by atoms with E-state index in [0.717, 1.165) is 0 Å². The van der Waals surface area contributed by atoms with Gasteiger partial charge in [0.25, 0.3) is 0 Å². The van der Waals surface area contributed by atoms with Crippen LogP contribution < -0.4 is 15.8 Å². The first kappa shape index (κ1) is 14.3. The average molecular weight is 282 g/mol. The summed E-state index contributed by atoms with van der Waals surface area (Å²) in [6, 6.07) is 10.6. The predicted molar refractivity (Wildman–Crippen MR) is 79.7 cm³/mol. The van der Waals surface area contributed by atoms with Gasteiger partial charge in [-0.15, -0.1) is 0 Å². The van der Waals surface area contributed by atoms with Crippen molar-refractivity contribution in [3.8, 4) is 23.1 Å². The molecule has 1 aromatic heterocycles. The van der Waals surface area contributed by atoms with E-state index in [-0.39, 0.29) is 17.2 Å². The van der Waals surface area contributed by atoms with Crippen LogP contribution in [0.1, 0.15) is 12.5 Å². The number of methoxy groups -OCH3 is 1. The van der Waals surface area contributed by atoms with E-state index in [1.54, 1.807) is 31.4 Å². The van der Waals surface area contributed by atoms with Gasteiger partial charge < -0.3 is 15.8 Å². The SMILES string of the molecule is COc1ccc(-c2nc(NC(C)=O)cc(N)c2C#N)cc1. The van der Waals surface area contributed by atoms with E-state index in [2.05, 4.69) is 10.3 Å². The number of pyridine rings is 1. The van der Waals surface area contributed by atoms with Gasteiger partial charge in [0.05, 0.1) is 18.5 Å². The van der Waals surface area contributed by atoms with Crippen LogP contribution in [-0.2, 0) is 4.79 Å². The number of nitrogens with zero attached hydrogens (tertiary/aromatic N) is 2. The molecule has 1 amide bonds. The Morgan fingerprint density at radius 1 is 1.38 bits per heavy atom. The zero-order chi connectivity index (χ0) is 15.4. The van der Waals surface area contributed by atoms with Crippen LogP contribution in [0.15, 0.2) is 30.3 Å². The first-order valence-electron chi connectivity index (χ1n) is 6.17. The quantitative estimate of drug-likeness (QED) is 0.898. The van der Waals surface area contributed by atoms with E-state index in [9.17, 15) is 10.1 Å². The molecule has 0 aliphatic rings. The van der Waals surface area contributed by atoms with Crippen molar-refractivity contribution < 1.29 is 9.53 Å². The largest absolute Gasteiger partial charge is 0.497 e. The fourth-order valence-electron chi connectivity index (χ4n) is 1.88. The minimum Gasteiger partial charge on any atom is -0.497 e. The van der Waals surface area contributed by atoms with Gasteiger partial charge in [0.1, 0.15) is 23.2 Å². The maximum Gasteiger partial charge on any atom is 0.222 e. The number of nitrogens with two attached hydrogens (primary N) is 1. The molecule has 0 aliphatic heterocycles. The lowest BCUT2D eigenvalue weighted by Gasteiger charge is -2.10. The van der Waals surface area contributed by atoms with E-state index in [1.807, 2.05) is 6.07 Å². The Hall–Kier alpha value is -3.07. The van der Waals surface area contributed by atoms with E-state index >= 15 is 0 Å². The van der Waals surface area contributed by atoms with Crippen molar-refractivity contribution in [3.63, 3.8) is 0 Å². The molecular weight excluding hydrogens is 268 g/mol. The van der Waals surface area contributed by atoms with E-state index in [0.29, 0.717) is 22.8 Å². The number of nitrogens with one attached hydrogen (secondary N) is 1. The molecule has 0 saturated carbocycles. The molecule has 21 heavy (non-hydrogen) atoms. The van der Waals surface area contributed by atoms with Gasteiger partial charge in [-0.1, -0.05) is 0 Å². The highest BCUT2D eigenvalue weighted by Gasteiger charge is 2.13. The number of aromatic nitrogens is 1. The molecule has 6 heteroatoms. The highest BCUT2D eigenvalue weighted by Crippen LogP contribution is 2.29. The Kier molecular flexibility index (Phi) is 4.05. The van der Waals surface area contributed by atoms with E-state index < -0.39 is 0 Å². The summed E-state index contributed by atoms with van der Waals surface area (Å²) in [4.78, 5) is 15.4. The molecule has 6 nitrogen and oxygen atoms in total. The highest BCUT2D eigenvalue weighted by atomic mass is 16.5. The third kappa shape index (κ3) is 3.09. The molecule has 0 atom stereocenters. The Bertz CT molecular complexity index is 718. The van der Waals surface area contributed by atoms with Crippen LogP contribution >= 0.6 is 0 Å². The van der Waals surface area contributed by atoms with Gasteiger partial charge in [0.15, 0.2) is 0 Å². The van der Waals surface area contributed by atoms with Crippen LogP contribution in [0.3, 0.4) is 0 Å². The second-order valence-electron chi connectivity index (χ2n) is 4.34. The minimum absolute atomic E-state index is 0.257. The molecule has 2 aromatic rings. The molecule has 0 saturated heterocycles. The first-order valence-corrected chi connectivity index (χ1v) is 6.17. The zero-order valence-corrected chi connectivity index (χ0v) is 11.7. The van der Waals surface area contributed by atoms with Crippen molar-refractivity contribution >= 4 is 17.4 Å². The Labute approximate surface area is 122 Å². The molecular formula is C15H14N4O2. The Morgan fingerprint density at radius 2 is 2.05 bits per heavy atom. The summed E-state index contributed by atoms with van der Waals surface area (Å²) in [6.45, 7) is 1.38. The van der Waals surface area contributed by atoms with Crippen molar-refractivity contribution in [1.82, 2.24) is 4.98 Å². The summed E-state index contributed by atoms with van der Waals surface area (Å²) >= 11 is 0. The fourth-order valence-corrected chi connectivity index (χ4v) is 1.88. The molecule has 1 heterocycles. The Morgan fingerprint density at radius 3 is 2.57 bits per heavy atom. The van der Waals surface area contributed by atoms with Crippen LogP contribution in [-0.4, -0.2) is 18.0 Å². The molecule has 2 rings (SSSR count). The average Bonchev–Trinajstić information content (AvgIpc) is 2.46. The molecule has 0 bridgehead atoms. The lowest BCUT2D eigenvalue weighted by molar-refractivity contribution is -0.114. The van der Waals surface area contributed by atoms with Crippen molar-refractivity contribution in [3.05, 3.63) is 35.9 Å². The van der Waals surface area contributed by atoms with Crippen LogP contribution in [0.4, 0.5) is 11.5 Å². The number of nitrogen functional groups attached to an aromatic ring is 1. The standard InChI is InChI=1S/C15H14N4O2/c1-9(20)18-14-7-13(17)12(8-16)15(19-14)10-3-5-11(21-2)6-4-10/h3-7H,1-2H3,(H3,17,18,19,20). The van der Waals surface area contributed by atoms with Gasteiger partial charge >= 0.3 is 0 Å². The van der Waals surface area contributed by atoms with E-state index in [1.165, 1.54) is 13.0 Å². The number of carbonyl (C=O) groups excluding carboxylic acids is 1. The number of nitriles is 1. The van der Waals surface area contributed by atoms with Crippen LogP contribution in [0.25, 0.3) is 11.3 Å². The number of hydrogen-bond acceptors (Lipinski definition) is 5. The van der Waals surface area contributed by atoms with Crippen LogP contribution in [0, 0.1) is 11.3 Å². The van der Waals surface area contributed by atoms with Gasteiger partial charge in [-0.25, -0.2) is 4.98 Å². The molecule has 0 radical (unpaired) electrons. The Balaban J connectivity index is 2.56. The van der Waals surface area contributed by atoms with Crippen molar-refractivity contribution in [2.45, 2.75) is 6.92 Å². The summed E-state index contributed by atoms with van der Waals surface area (Å²) in [5.41, 5.74) is 7.54. The predicted octanol–water partition coefficient (Wildman–Crippen LogP) is 2.17. The summed E-state index contributed by atoms with van der Waals surface area (Å²) in [6.07, 6.45) is 0. The van der Waals surface area contributed by atoms with Crippen LogP contribution in [0.2, 0.25) is 0 Å². The number of ether oxygens (including phenoxy) is 1. The maximum atomic E-state index is 11.1. The molecule has 0 aliphatic carbocycles. The molecule has 1 aromatic carbocycles. The first-order chi connectivity index (χ1) is 10.0. The minimum atomic E-state index is -0.257. The number of rotatable bonds is 3. The molecule has 0 spiro atoms. The summed E-state index contributed by atoms with van der Waals surface area (Å²) in [5, 5.41) is 11.8. The topological polar surface area (TPSA) is 101 Å². The number of anilines is 2. The van der Waals surface area contributed by atoms with Crippen molar-refractivity contribution in [2.75, 3.05) is 18.2 Å². The number of hydrogen-bond donors (Lipinski definition) is 2. The van der Waals surface area contributed by atoms with Gasteiger partial charge in [0.2, 0.25) is 5.91 Å². The summed E-state index contributed by atoms with van der Waals surface area (Å²) in [5.74, 6) is 0.750. The van der Waals surface area contributed by atoms with E-state index in [4.69, 9.17) is 10.5 Å². The molecule has 3 N–H and O–H groups in total. The maximum absolute atomic E-state index is 11.1. The summed E-state index contributed by atoms with van der Waals surface area (Å²) in [7, 11) is 1.57. The fraction of sp³-hybridized carbons (Fsp3) is 0.133. The van der Waals surface area contributed by atoms with Crippen LogP contribution in [0.5, 0.6) is 5.75 Å². The zero-order valence-electron chi connectivity index (χ0n) is 11.7. The third-order valence-corrected chi connectivity index (χ3v) is 2.83. The van der Waals surface area contributed by atoms with Gasteiger partial charge in [0, 0.05) is 18.6 Å². The monoisotopic (exact) mass is 282 g/mol. The van der Waals surface area contributed by atoms with Crippen molar-refractivity contribution in [2.24, 2.45) is 0 Å². The molecule has 106 valence electrons. The molecule has 0 fully saturated rings. The number of carbonyl (C=O) groups is 1. The smallest absolute Gasteiger partial charge is 0.222 e. The highest BCUT2D eigenvalue weighted by molar-refractivity contribution is 5.89. The van der Waals surface area contributed by atoms with Gasteiger partial charge in [-0.05, 0) is 24.3 Å². The third-order valence-electron chi connectivity index (χ3n) is 2.83. The number of benzene rings is 1. The normalized spacial score (nSPS) is 9.76. The lowest BCUT2D eigenvalue weighted by Crippen LogP contribution is -2.09.